The molecule has 0 bridgehead atoms. The zero-order valence-electron chi connectivity index (χ0n) is 24.0. The summed E-state index contributed by atoms with van der Waals surface area (Å²) in [6, 6.07) is 15.1. The number of anilines is 1. The molecule has 0 saturated carbocycles. The topological polar surface area (TPSA) is 125 Å². The lowest BCUT2D eigenvalue weighted by Gasteiger charge is -2.33. The predicted molar refractivity (Wildman–Crippen MR) is 164 cm³/mol. The molecule has 1 saturated heterocycles. The number of furan rings is 1. The summed E-state index contributed by atoms with van der Waals surface area (Å²) in [6.07, 6.45) is 1.28. The van der Waals surface area contributed by atoms with E-state index in [1.807, 2.05) is 0 Å². The fourth-order valence-corrected chi connectivity index (χ4v) is 6.46. The van der Waals surface area contributed by atoms with Gasteiger partial charge in [-0.05, 0) is 67.8 Å². The van der Waals surface area contributed by atoms with Gasteiger partial charge in [0.15, 0.2) is 0 Å². The number of benzene rings is 3. The maximum absolute atomic E-state index is 14.3. The number of hydrogen-bond acceptors (Lipinski definition) is 5. The summed E-state index contributed by atoms with van der Waals surface area (Å²) in [7, 11) is -2.22. The van der Waals surface area contributed by atoms with Crippen molar-refractivity contribution in [1.82, 2.24) is 15.2 Å². The first kappa shape index (κ1) is 29.4. The molecule has 12 heteroatoms. The van der Waals surface area contributed by atoms with Crippen LogP contribution in [0.15, 0.2) is 65.1 Å². The number of para-hydroxylation sites is 1. The van der Waals surface area contributed by atoms with Crippen molar-refractivity contribution in [1.29, 1.82) is 0 Å². The van der Waals surface area contributed by atoms with Crippen molar-refractivity contribution in [2.45, 2.75) is 25.7 Å². The van der Waals surface area contributed by atoms with Gasteiger partial charge in [0, 0.05) is 48.5 Å². The molecule has 0 unspecified atom stereocenters. The molecule has 3 N–H and O–H groups in total. The van der Waals surface area contributed by atoms with Gasteiger partial charge in [0.1, 0.15) is 28.7 Å². The van der Waals surface area contributed by atoms with Crippen molar-refractivity contribution in [3.63, 3.8) is 0 Å². The van der Waals surface area contributed by atoms with Crippen LogP contribution in [0.3, 0.4) is 0 Å². The third-order valence-electron chi connectivity index (χ3n) is 8.05. The summed E-state index contributed by atoms with van der Waals surface area (Å²) in [5.74, 6) is -1.87. The molecule has 44 heavy (non-hydrogen) atoms. The Morgan fingerprint density at radius 1 is 1.09 bits per heavy atom. The van der Waals surface area contributed by atoms with Crippen LogP contribution in [0.5, 0.6) is 0 Å². The van der Waals surface area contributed by atoms with Crippen molar-refractivity contribution in [3.8, 4) is 11.3 Å². The molecule has 3 heterocycles. The highest BCUT2D eigenvalue weighted by atomic mass is 32.2. The number of likely N-dealkylation sites (tertiary alicyclic amines) is 1. The average molecular weight is 621 g/mol. The highest BCUT2D eigenvalue weighted by molar-refractivity contribution is 7.92. The second-order valence-electron chi connectivity index (χ2n) is 10.8. The minimum atomic E-state index is -3.71. The standard InChI is InChI=1S/C32H30F2N4O5S/c1-3-44(41,42)37-25-16-27-23(28(31(39)35-2)30(43-27)18-9-11-21(33)12-10-18)15-22(25)20-7-5-13-38(17-20)32(40)26-14-19-6-4-8-24(34)29(19)36-26/h4,6,8-12,14-16,20,36-37H,3,5,7,13,17H2,1-2H3,(H,35,39)/t20-/m0/s1. The van der Waals surface area contributed by atoms with E-state index in [0.29, 0.717) is 41.3 Å². The van der Waals surface area contributed by atoms with Crippen molar-refractivity contribution < 1.29 is 31.2 Å². The molecule has 1 aliphatic heterocycles. The molecule has 228 valence electrons. The van der Waals surface area contributed by atoms with Gasteiger partial charge in [-0.3, -0.25) is 14.3 Å². The van der Waals surface area contributed by atoms with Crippen LogP contribution < -0.4 is 10.0 Å². The Kier molecular flexibility index (Phi) is 7.62. The number of carbonyl (C=O) groups is 2. The quantitative estimate of drug-likeness (QED) is 0.206. The number of H-pyrrole nitrogens is 1. The smallest absolute Gasteiger partial charge is 0.270 e. The molecule has 1 atom stereocenters. The number of halogens is 2. The first-order valence-corrected chi connectivity index (χ1v) is 15.9. The molecule has 2 aromatic heterocycles. The normalized spacial score (nSPS) is 15.5. The molecule has 2 amide bonds. The lowest BCUT2D eigenvalue weighted by atomic mass is 9.88. The predicted octanol–water partition coefficient (Wildman–Crippen LogP) is 6.00. The van der Waals surface area contributed by atoms with E-state index in [1.54, 1.807) is 35.2 Å². The number of hydrogen-bond donors (Lipinski definition) is 3. The number of amides is 2. The van der Waals surface area contributed by atoms with Gasteiger partial charge in [0.25, 0.3) is 11.8 Å². The van der Waals surface area contributed by atoms with Crippen LogP contribution in [0, 0.1) is 11.6 Å². The number of aromatic amines is 1. The van der Waals surface area contributed by atoms with E-state index >= 15 is 0 Å². The molecule has 0 radical (unpaired) electrons. The van der Waals surface area contributed by atoms with Crippen molar-refractivity contribution in [2.75, 3.05) is 30.6 Å². The first-order valence-electron chi connectivity index (χ1n) is 14.2. The minimum Gasteiger partial charge on any atom is -0.455 e. The number of rotatable bonds is 7. The number of fused-ring (bicyclic) bond motifs is 2. The van der Waals surface area contributed by atoms with Crippen LogP contribution in [-0.4, -0.2) is 56.0 Å². The summed E-state index contributed by atoms with van der Waals surface area (Å²) in [6.45, 7) is 2.25. The summed E-state index contributed by atoms with van der Waals surface area (Å²) in [5.41, 5.74) is 2.37. The second kappa shape index (κ2) is 11.4. The summed E-state index contributed by atoms with van der Waals surface area (Å²) in [5, 5.41) is 3.67. The number of carbonyl (C=O) groups excluding carboxylic acids is 2. The summed E-state index contributed by atoms with van der Waals surface area (Å²) >= 11 is 0. The number of nitrogens with one attached hydrogen (secondary N) is 3. The maximum Gasteiger partial charge on any atom is 0.270 e. The fraction of sp³-hybridized carbons (Fsp3) is 0.250. The number of nitrogens with zero attached hydrogens (tertiary/aromatic N) is 1. The summed E-state index contributed by atoms with van der Waals surface area (Å²) < 4.78 is 62.3. The maximum atomic E-state index is 14.3. The van der Waals surface area contributed by atoms with E-state index in [4.69, 9.17) is 4.42 Å². The van der Waals surface area contributed by atoms with Crippen LogP contribution >= 0.6 is 0 Å². The van der Waals surface area contributed by atoms with Crippen molar-refractivity contribution in [2.24, 2.45) is 0 Å². The Balaban J connectivity index is 1.44. The van der Waals surface area contributed by atoms with Gasteiger partial charge in [-0.2, -0.15) is 0 Å². The molecule has 1 fully saturated rings. The molecule has 3 aromatic carbocycles. The fourth-order valence-electron chi connectivity index (χ4n) is 5.80. The van der Waals surface area contributed by atoms with E-state index in [9.17, 15) is 26.8 Å². The Morgan fingerprint density at radius 3 is 2.57 bits per heavy atom. The van der Waals surface area contributed by atoms with Gasteiger partial charge in [-0.25, -0.2) is 17.2 Å². The Bertz CT molecular complexity index is 2020. The second-order valence-corrected chi connectivity index (χ2v) is 12.8. The van der Waals surface area contributed by atoms with Gasteiger partial charge in [0.05, 0.1) is 22.5 Å². The van der Waals surface area contributed by atoms with Crippen molar-refractivity contribution >= 4 is 49.4 Å². The third-order valence-corrected chi connectivity index (χ3v) is 9.34. The van der Waals surface area contributed by atoms with E-state index < -0.39 is 27.6 Å². The van der Waals surface area contributed by atoms with E-state index in [0.717, 1.165) is 0 Å². The third kappa shape index (κ3) is 5.41. The number of piperidine rings is 1. The van der Waals surface area contributed by atoms with Gasteiger partial charge in [-0.15, -0.1) is 0 Å². The van der Waals surface area contributed by atoms with Crippen LogP contribution in [0.25, 0.3) is 33.2 Å². The highest BCUT2D eigenvalue weighted by Gasteiger charge is 2.31. The average Bonchev–Trinajstić information content (AvgIpc) is 3.63. The molecule has 0 aliphatic carbocycles. The van der Waals surface area contributed by atoms with Crippen LogP contribution in [0.1, 0.15) is 52.1 Å². The largest absolute Gasteiger partial charge is 0.455 e. The summed E-state index contributed by atoms with van der Waals surface area (Å²) in [4.78, 5) is 31.3. The molecular weight excluding hydrogens is 590 g/mol. The zero-order valence-corrected chi connectivity index (χ0v) is 24.9. The molecule has 9 nitrogen and oxygen atoms in total. The molecule has 0 spiro atoms. The van der Waals surface area contributed by atoms with Gasteiger partial charge in [-0.1, -0.05) is 12.1 Å². The van der Waals surface area contributed by atoms with E-state index in [1.165, 1.54) is 44.3 Å². The van der Waals surface area contributed by atoms with Crippen LogP contribution in [0.4, 0.5) is 14.5 Å². The Morgan fingerprint density at radius 2 is 1.86 bits per heavy atom. The van der Waals surface area contributed by atoms with Crippen LogP contribution in [-0.2, 0) is 10.0 Å². The van der Waals surface area contributed by atoms with Crippen molar-refractivity contribution in [3.05, 3.63) is 89.1 Å². The Hall–Kier alpha value is -4.71. The van der Waals surface area contributed by atoms with Gasteiger partial charge in [0.2, 0.25) is 10.0 Å². The number of aromatic nitrogens is 1. The Labute approximate surface area is 252 Å². The highest BCUT2D eigenvalue weighted by Crippen LogP contribution is 2.41. The zero-order chi connectivity index (χ0) is 31.2. The first-order chi connectivity index (χ1) is 21.1. The number of sulfonamides is 1. The minimum absolute atomic E-state index is 0.167. The monoisotopic (exact) mass is 620 g/mol. The van der Waals surface area contributed by atoms with E-state index in [2.05, 4.69) is 15.0 Å². The molecule has 1 aliphatic rings. The van der Waals surface area contributed by atoms with Gasteiger partial charge < -0.3 is 19.6 Å². The SMILES string of the molecule is CCS(=O)(=O)Nc1cc2oc(-c3ccc(F)cc3)c(C(=O)NC)c2cc1[C@H]1CCCN(C(=O)c2cc3cccc(F)c3[nH]2)C1. The van der Waals surface area contributed by atoms with E-state index in [-0.39, 0.29) is 57.9 Å². The lowest BCUT2D eigenvalue weighted by molar-refractivity contribution is 0.0702. The molecule has 5 aromatic rings. The van der Waals surface area contributed by atoms with Crippen LogP contribution in [0.2, 0.25) is 0 Å². The lowest BCUT2D eigenvalue weighted by Crippen LogP contribution is -2.39. The molecule has 6 rings (SSSR count). The van der Waals surface area contributed by atoms with Gasteiger partial charge >= 0.3 is 0 Å². The molecular formula is C32H30F2N4O5S.